The highest BCUT2D eigenvalue weighted by Gasteiger charge is 2.19. The average molecular weight is 360 g/mol. The first-order chi connectivity index (χ1) is 12.2. The summed E-state index contributed by atoms with van der Waals surface area (Å²) >= 11 is 0. The zero-order valence-corrected chi connectivity index (χ0v) is 15.8. The van der Waals surface area contributed by atoms with Crippen LogP contribution in [0.15, 0.2) is 30.5 Å². The van der Waals surface area contributed by atoms with Crippen LogP contribution in [0.3, 0.4) is 0 Å². The first-order valence-corrected chi connectivity index (χ1v) is 8.56. The van der Waals surface area contributed by atoms with Crippen molar-refractivity contribution in [1.29, 1.82) is 0 Å². The van der Waals surface area contributed by atoms with Crippen LogP contribution in [0.5, 0.6) is 5.88 Å². The van der Waals surface area contributed by atoms with E-state index < -0.39 is 11.8 Å². The molecule has 1 aromatic heterocycles. The van der Waals surface area contributed by atoms with Crippen LogP contribution in [0.25, 0.3) is 11.1 Å². The molecule has 0 aliphatic carbocycles. The van der Waals surface area contributed by atoms with E-state index in [1.165, 1.54) is 19.2 Å². The van der Waals surface area contributed by atoms with Gasteiger partial charge in [-0.25, -0.2) is 14.2 Å². The minimum atomic E-state index is -1.01. The number of pyridine rings is 1. The third-order valence-electron chi connectivity index (χ3n) is 4.36. The second-order valence-corrected chi connectivity index (χ2v) is 6.74. The Bertz CT molecular complexity index is 783. The van der Waals surface area contributed by atoms with Crippen molar-refractivity contribution in [3.8, 4) is 17.0 Å². The topological polar surface area (TPSA) is 62.7 Å². The molecule has 0 aliphatic rings. The standard InChI is InChI=1S/C20H25FN2O3/c1-12(2)23(13(3)4)11-15-8-14(20(24)25)6-7-16(15)17-9-19(26-5)22-10-18(17)21/h6-10,12-13H,11H2,1-5H3,(H,24,25). The number of methoxy groups -OCH3 is 1. The lowest BCUT2D eigenvalue weighted by atomic mass is 9.96. The van der Waals surface area contributed by atoms with Crippen molar-refractivity contribution in [2.24, 2.45) is 0 Å². The minimum absolute atomic E-state index is 0.178. The van der Waals surface area contributed by atoms with Crippen LogP contribution in [-0.2, 0) is 6.54 Å². The van der Waals surface area contributed by atoms with E-state index in [9.17, 15) is 14.3 Å². The Morgan fingerprint density at radius 3 is 2.38 bits per heavy atom. The molecular weight excluding hydrogens is 335 g/mol. The fourth-order valence-corrected chi connectivity index (χ4v) is 3.02. The maximum Gasteiger partial charge on any atom is 0.335 e. The number of benzene rings is 1. The van der Waals surface area contributed by atoms with Crippen molar-refractivity contribution >= 4 is 5.97 Å². The zero-order valence-electron chi connectivity index (χ0n) is 15.8. The summed E-state index contributed by atoms with van der Waals surface area (Å²) in [7, 11) is 1.47. The van der Waals surface area contributed by atoms with E-state index in [0.717, 1.165) is 11.8 Å². The summed E-state index contributed by atoms with van der Waals surface area (Å²) in [5, 5.41) is 9.34. The number of aromatic nitrogens is 1. The van der Waals surface area contributed by atoms with Gasteiger partial charge in [0.15, 0.2) is 0 Å². The van der Waals surface area contributed by atoms with Crippen LogP contribution in [0.2, 0.25) is 0 Å². The zero-order chi connectivity index (χ0) is 19.4. The van der Waals surface area contributed by atoms with E-state index in [0.29, 0.717) is 23.6 Å². The van der Waals surface area contributed by atoms with Gasteiger partial charge in [-0.05, 0) is 51.0 Å². The Labute approximate surface area is 153 Å². The molecule has 0 aliphatic heterocycles. The average Bonchev–Trinajstić information content (AvgIpc) is 2.59. The Morgan fingerprint density at radius 2 is 1.85 bits per heavy atom. The van der Waals surface area contributed by atoms with Crippen molar-refractivity contribution in [3.63, 3.8) is 0 Å². The Morgan fingerprint density at radius 1 is 1.19 bits per heavy atom. The third kappa shape index (κ3) is 4.38. The number of halogens is 1. The predicted octanol–water partition coefficient (Wildman–Crippen LogP) is 4.21. The van der Waals surface area contributed by atoms with Gasteiger partial charge in [0.05, 0.1) is 18.9 Å². The fourth-order valence-electron chi connectivity index (χ4n) is 3.02. The molecule has 5 nitrogen and oxygen atoms in total. The van der Waals surface area contributed by atoms with E-state index >= 15 is 0 Å². The van der Waals surface area contributed by atoms with E-state index in [1.807, 2.05) is 0 Å². The molecule has 140 valence electrons. The second-order valence-electron chi connectivity index (χ2n) is 6.74. The molecule has 0 saturated heterocycles. The smallest absolute Gasteiger partial charge is 0.335 e. The van der Waals surface area contributed by atoms with Crippen molar-refractivity contribution in [2.75, 3.05) is 7.11 Å². The summed E-state index contributed by atoms with van der Waals surface area (Å²) < 4.78 is 19.5. The molecule has 0 saturated carbocycles. The number of nitrogens with zero attached hydrogens (tertiary/aromatic N) is 2. The molecule has 1 N–H and O–H groups in total. The van der Waals surface area contributed by atoms with Crippen molar-refractivity contribution in [1.82, 2.24) is 9.88 Å². The van der Waals surface area contributed by atoms with Crippen LogP contribution in [0.1, 0.15) is 43.6 Å². The molecule has 6 heteroatoms. The van der Waals surface area contributed by atoms with E-state index in [-0.39, 0.29) is 17.6 Å². The molecule has 1 heterocycles. The molecule has 0 spiro atoms. The van der Waals surface area contributed by atoms with Crippen LogP contribution >= 0.6 is 0 Å². The maximum absolute atomic E-state index is 14.4. The van der Waals surface area contributed by atoms with Gasteiger partial charge >= 0.3 is 5.97 Å². The number of ether oxygens (including phenoxy) is 1. The summed E-state index contributed by atoms with van der Waals surface area (Å²) in [4.78, 5) is 17.5. The lowest BCUT2D eigenvalue weighted by molar-refractivity contribution is 0.0696. The van der Waals surface area contributed by atoms with E-state index in [1.54, 1.807) is 12.1 Å². The summed E-state index contributed by atoms with van der Waals surface area (Å²) in [6.45, 7) is 8.83. The largest absolute Gasteiger partial charge is 0.481 e. The molecule has 2 aromatic rings. The van der Waals surface area contributed by atoms with Gasteiger partial charge in [0.1, 0.15) is 5.82 Å². The maximum atomic E-state index is 14.4. The molecule has 0 fully saturated rings. The van der Waals surface area contributed by atoms with Gasteiger partial charge < -0.3 is 9.84 Å². The van der Waals surface area contributed by atoms with Crippen LogP contribution < -0.4 is 4.74 Å². The lowest BCUT2D eigenvalue weighted by Gasteiger charge is -2.31. The van der Waals surface area contributed by atoms with Gasteiger partial charge in [-0.3, -0.25) is 4.90 Å². The molecule has 0 radical (unpaired) electrons. The molecule has 0 amide bonds. The van der Waals surface area contributed by atoms with E-state index in [4.69, 9.17) is 4.74 Å². The number of hydrogen-bond acceptors (Lipinski definition) is 4. The quantitative estimate of drug-likeness (QED) is 0.801. The second kappa shape index (κ2) is 8.27. The van der Waals surface area contributed by atoms with Gasteiger partial charge in [0.25, 0.3) is 0 Å². The monoisotopic (exact) mass is 360 g/mol. The van der Waals surface area contributed by atoms with Crippen molar-refractivity contribution in [2.45, 2.75) is 46.3 Å². The number of carboxylic acid groups (broad SMARTS) is 1. The Kier molecular flexibility index (Phi) is 6.32. The molecule has 26 heavy (non-hydrogen) atoms. The Hall–Kier alpha value is -2.47. The van der Waals surface area contributed by atoms with E-state index in [2.05, 4.69) is 37.6 Å². The highest BCUT2D eigenvalue weighted by molar-refractivity contribution is 5.89. The van der Waals surface area contributed by atoms with Crippen LogP contribution in [0.4, 0.5) is 4.39 Å². The first-order valence-electron chi connectivity index (χ1n) is 8.56. The fraction of sp³-hybridized carbons (Fsp3) is 0.400. The number of carbonyl (C=O) groups is 1. The summed E-state index contributed by atoms with van der Waals surface area (Å²) in [5.41, 5.74) is 1.91. The number of aromatic carboxylic acids is 1. The van der Waals surface area contributed by atoms with Gasteiger partial charge in [0.2, 0.25) is 5.88 Å². The highest BCUT2D eigenvalue weighted by atomic mass is 19.1. The number of carboxylic acids is 1. The molecular formula is C20H25FN2O3. The van der Waals surface area contributed by atoms with Crippen molar-refractivity contribution < 1.29 is 19.0 Å². The normalized spacial score (nSPS) is 11.4. The summed E-state index contributed by atoms with van der Waals surface area (Å²) in [6, 6.07) is 6.80. The Balaban J connectivity index is 2.61. The van der Waals surface area contributed by atoms with Gasteiger partial charge in [-0.2, -0.15) is 0 Å². The van der Waals surface area contributed by atoms with Gasteiger partial charge in [0, 0.05) is 30.3 Å². The summed E-state index contributed by atoms with van der Waals surface area (Å²) in [5.74, 6) is -1.18. The highest BCUT2D eigenvalue weighted by Crippen LogP contribution is 2.31. The lowest BCUT2D eigenvalue weighted by Crippen LogP contribution is -2.36. The number of rotatable bonds is 7. The van der Waals surface area contributed by atoms with Gasteiger partial charge in [-0.15, -0.1) is 0 Å². The molecule has 0 atom stereocenters. The molecule has 0 bridgehead atoms. The molecule has 1 aromatic carbocycles. The SMILES string of the molecule is COc1cc(-c2ccc(C(=O)O)cc2CN(C(C)C)C(C)C)c(F)cn1. The van der Waals surface area contributed by atoms with Crippen LogP contribution in [0, 0.1) is 5.82 Å². The van der Waals surface area contributed by atoms with Gasteiger partial charge in [-0.1, -0.05) is 6.07 Å². The molecule has 0 unspecified atom stereocenters. The summed E-state index contributed by atoms with van der Waals surface area (Å²) in [6.07, 6.45) is 1.12. The van der Waals surface area contributed by atoms with Crippen molar-refractivity contribution in [3.05, 3.63) is 47.4 Å². The molecule has 2 rings (SSSR count). The van der Waals surface area contributed by atoms with Crippen LogP contribution in [-0.4, -0.2) is 40.2 Å². The number of hydrogen-bond donors (Lipinski definition) is 1. The third-order valence-corrected chi connectivity index (χ3v) is 4.36. The first kappa shape index (κ1) is 19.8. The predicted molar refractivity (Wildman–Crippen MR) is 99.0 cm³/mol. The minimum Gasteiger partial charge on any atom is -0.481 e.